The molecule has 6 rings (SSSR count). The molecule has 0 unspecified atom stereocenters. The van der Waals surface area contributed by atoms with Gasteiger partial charge in [-0.05, 0) is 32.0 Å². The lowest BCUT2D eigenvalue weighted by atomic mass is 10.1. The Morgan fingerprint density at radius 1 is 1.22 bits per heavy atom. The summed E-state index contributed by atoms with van der Waals surface area (Å²) in [5, 5.41) is 7.74. The maximum absolute atomic E-state index is 5.70. The minimum Gasteiger partial charge on any atom is -0.377 e. The minimum absolute atomic E-state index is 0.240. The van der Waals surface area contributed by atoms with Gasteiger partial charge in [0, 0.05) is 47.9 Å². The molecular weight excluding hydrogens is 422 g/mol. The Kier molecular flexibility index (Phi) is 4.48. The monoisotopic (exact) mass is 445 g/mol. The lowest BCUT2D eigenvalue weighted by Gasteiger charge is -2.34. The van der Waals surface area contributed by atoms with E-state index in [0.717, 1.165) is 56.1 Å². The van der Waals surface area contributed by atoms with Crippen LogP contribution >= 0.6 is 11.3 Å². The zero-order valence-corrected chi connectivity index (χ0v) is 19.0. The number of H-pyrrole nitrogens is 1. The highest BCUT2D eigenvalue weighted by Gasteiger charge is 2.26. The van der Waals surface area contributed by atoms with Gasteiger partial charge < -0.3 is 14.6 Å². The fraction of sp³-hybridized carbons (Fsp3) is 0.304. The molecule has 1 N–H and O–H groups in total. The van der Waals surface area contributed by atoms with E-state index in [0.29, 0.717) is 19.0 Å². The average molecular weight is 446 g/mol. The second-order valence-corrected chi connectivity index (χ2v) is 9.09. The van der Waals surface area contributed by atoms with Crippen molar-refractivity contribution in [1.29, 1.82) is 0 Å². The number of rotatable bonds is 3. The number of hydrogen-bond donors (Lipinski definition) is 1. The van der Waals surface area contributed by atoms with Gasteiger partial charge in [-0.3, -0.25) is 4.68 Å². The van der Waals surface area contributed by atoms with Crippen LogP contribution in [0.4, 0.5) is 5.82 Å². The number of fused-ring (bicyclic) bond motifs is 2. The molecule has 0 spiro atoms. The van der Waals surface area contributed by atoms with Crippen LogP contribution in [0.3, 0.4) is 0 Å². The summed E-state index contributed by atoms with van der Waals surface area (Å²) in [6, 6.07) is 6.37. The molecule has 8 nitrogen and oxygen atoms in total. The molecule has 32 heavy (non-hydrogen) atoms. The summed E-state index contributed by atoms with van der Waals surface area (Å²) >= 11 is 1.69. The second-order valence-electron chi connectivity index (χ2n) is 8.21. The number of aromatic nitrogens is 6. The molecule has 5 aromatic rings. The lowest BCUT2D eigenvalue weighted by Crippen LogP contribution is -2.44. The number of nitrogens with one attached hydrogen (secondary N) is 1. The Bertz CT molecular complexity index is 1450. The van der Waals surface area contributed by atoms with Crippen LogP contribution in [0, 0.1) is 6.92 Å². The molecule has 0 amide bonds. The molecule has 1 atom stereocenters. The van der Waals surface area contributed by atoms with Crippen molar-refractivity contribution >= 4 is 38.4 Å². The number of ether oxygens (including phenoxy) is 1. The molecule has 1 aliphatic heterocycles. The molecule has 6 heterocycles. The topological polar surface area (TPSA) is 84.8 Å². The van der Waals surface area contributed by atoms with Gasteiger partial charge >= 0.3 is 0 Å². The van der Waals surface area contributed by atoms with Crippen LogP contribution in [0.15, 0.2) is 36.0 Å². The first-order valence-corrected chi connectivity index (χ1v) is 11.5. The van der Waals surface area contributed by atoms with Gasteiger partial charge in [0.15, 0.2) is 11.6 Å². The second kappa shape index (κ2) is 7.39. The number of anilines is 1. The van der Waals surface area contributed by atoms with Gasteiger partial charge in [0.1, 0.15) is 5.65 Å². The van der Waals surface area contributed by atoms with Crippen LogP contribution in [0.1, 0.15) is 12.6 Å². The van der Waals surface area contributed by atoms with Crippen LogP contribution in [-0.4, -0.2) is 55.5 Å². The molecule has 0 aromatic carbocycles. The summed E-state index contributed by atoms with van der Waals surface area (Å²) in [4.78, 5) is 20.2. The third-order valence-corrected chi connectivity index (χ3v) is 6.98. The third kappa shape index (κ3) is 3.00. The quantitative estimate of drug-likeness (QED) is 0.449. The number of morpholine rings is 1. The standard InChI is InChI=1S/C23H23N7OS/c1-13-10-18(29(3)28-13)17-12-32-20-19(17)26-22(16-5-7-25-21-15(16)4-6-24-21)27-23(20)30-8-9-31-11-14(30)2/h4-7,10,12,14H,8-9,11H2,1-3H3,(H,24,25)/t14-/m1/s1. The van der Waals surface area contributed by atoms with Crippen molar-refractivity contribution in [2.75, 3.05) is 24.7 Å². The van der Waals surface area contributed by atoms with E-state index in [9.17, 15) is 0 Å². The van der Waals surface area contributed by atoms with E-state index >= 15 is 0 Å². The van der Waals surface area contributed by atoms with Crippen molar-refractivity contribution in [1.82, 2.24) is 29.7 Å². The molecule has 0 aliphatic carbocycles. The van der Waals surface area contributed by atoms with E-state index in [4.69, 9.17) is 14.7 Å². The molecule has 0 radical (unpaired) electrons. The Labute approximate surface area is 188 Å². The zero-order chi connectivity index (χ0) is 21.8. The Hall–Kier alpha value is -3.30. The zero-order valence-electron chi connectivity index (χ0n) is 18.2. The van der Waals surface area contributed by atoms with Crippen molar-refractivity contribution in [2.24, 2.45) is 7.05 Å². The first-order valence-electron chi connectivity index (χ1n) is 10.7. The maximum Gasteiger partial charge on any atom is 0.163 e. The number of thiophene rings is 1. The molecule has 1 saturated heterocycles. The SMILES string of the molecule is Cc1cc(-c2csc3c(N4CCOC[C@H]4C)nc(-c4ccnc5[nH]ccc45)nc23)n(C)n1. The number of pyridine rings is 1. The Morgan fingerprint density at radius 2 is 2.12 bits per heavy atom. The highest BCUT2D eigenvalue weighted by molar-refractivity contribution is 7.18. The van der Waals surface area contributed by atoms with Crippen molar-refractivity contribution in [3.8, 4) is 22.6 Å². The fourth-order valence-electron chi connectivity index (χ4n) is 4.46. The van der Waals surface area contributed by atoms with Crippen LogP contribution < -0.4 is 4.90 Å². The van der Waals surface area contributed by atoms with Gasteiger partial charge in [-0.15, -0.1) is 11.3 Å². The van der Waals surface area contributed by atoms with Crippen LogP contribution in [-0.2, 0) is 11.8 Å². The van der Waals surface area contributed by atoms with Gasteiger partial charge in [0.25, 0.3) is 0 Å². The van der Waals surface area contributed by atoms with E-state index in [2.05, 4.69) is 38.3 Å². The van der Waals surface area contributed by atoms with Crippen molar-refractivity contribution in [3.05, 3.63) is 41.7 Å². The van der Waals surface area contributed by atoms with Crippen LogP contribution in [0.5, 0.6) is 0 Å². The predicted octanol–water partition coefficient (Wildman–Crippen LogP) is 4.17. The highest BCUT2D eigenvalue weighted by atomic mass is 32.1. The van der Waals surface area contributed by atoms with E-state index in [1.807, 2.05) is 37.0 Å². The van der Waals surface area contributed by atoms with Gasteiger partial charge in [-0.25, -0.2) is 15.0 Å². The lowest BCUT2D eigenvalue weighted by molar-refractivity contribution is 0.0987. The summed E-state index contributed by atoms with van der Waals surface area (Å²) in [5.41, 5.74) is 5.89. The summed E-state index contributed by atoms with van der Waals surface area (Å²) < 4.78 is 8.71. The van der Waals surface area contributed by atoms with E-state index in [1.54, 1.807) is 17.5 Å². The molecule has 9 heteroatoms. The summed E-state index contributed by atoms with van der Waals surface area (Å²) in [6.45, 7) is 6.39. The largest absolute Gasteiger partial charge is 0.377 e. The Morgan fingerprint density at radius 3 is 2.94 bits per heavy atom. The van der Waals surface area contributed by atoms with Crippen molar-refractivity contribution < 1.29 is 4.74 Å². The molecule has 1 aliphatic rings. The number of hydrogen-bond acceptors (Lipinski definition) is 7. The molecule has 0 bridgehead atoms. The number of aryl methyl sites for hydroxylation is 2. The molecule has 0 saturated carbocycles. The first-order chi connectivity index (χ1) is 15.6. The maximum atomic E-state index is 5.70. The summed E-state index contributed by atoms with van der Waals surface area (Å²) in [5.74, 6) is 1.67. The van der Waals surface area contributed by atoms with Crippen molar-refractivity contribution in [2.45, 2.75) is 19.9 Å². The van der Waals surface area contributed by atoms with Crippen LogP contribution in [0.2, 0.25) is 0 Å². The molecule has 5 aromatic heterocycles. The summed E-state index contributed by atoms with van der Waals surface area (Å²) in [6.07, 6.45) is 3.71. The molecule has 162 valence electrons. The third-order valence-electron chi connectivity index (χ3n) is 6.02. The van der Waals surface area contributed by atoms with Crippen molar-refractivity contribution in [3.63, 3.8) is 0 Å². The number of nitrogens with zero attached hydrogens (tertiary/aromatic N) is 6. The van der Waals surface area contributed by atoms with Gasteiger partial charge in [-0.1, -0.05) is 0 Å². The smallest absolute Gasteiger partial charge is 0.163 e. The van der Waals surface area contributed by atoms with Gasteiger partial charge in [0.2, 0.25) is 0 Å². The molecule has 1 fully saturated rings. The average Bonchev–Trinajstić information content (AvgIpc) is 3.51. The summed E-state index contributed by atoms with van der Waals surface area (Å²) in [7, 11) is 1.98. The van der Waals surface area contributed by atoms with Gasteiger partial charge in [-0.2, -0.15) is 5.10 Å². The highest BCUT2D eigenvalue weighted by Crippen LogP contribution is 2.40. The van der Waals surface area contributed by atoms with E-state index < -0.39 is 0 Å². The predicted molar refractivity (Wildman–Crippen MR) is 127 cm³/mol. The minimum atomic E-state index is 0.240. The normalized spacial score (nSPS) is 17.0. The fourth-order valence-corrected chi connectivity index (χ4v) is 5.46. The van der Waals surface area contributed by atoms with Crippen LogP contribution in [0.25, 0.3) is 43.9 Å². The van der Waals surface area contributed by atoms with Gasteiger partial charge in [0.05, 0.1) is 40.9 Å². The Balaban J connectivity index is 1.64. The van der Waals surface area contributed by atoms with E-state index in [1.165, 1.54) is 0 Å². The number of aromatic amines is 1. The first kappa shape index (κ1) is 19.4. The van der Waals surface area contributed by atoms with E-state index in [-0.39, 0.29) is 6.04 Å². The molecular formula is C23H23N7OS.